The highest BCUT2D eigenvalue weighted by atomic mass is 32.2. The number of benzene rings is 2. The first-order valence-corrected chi connectivity index (χ1v) is 17.5. The number of hydrogen-bond acceptors (Lipinski definition) is 12. The van der Waals surface area contributed by atoms with Crippen LogP contribution in [0.5, 0.6) is 0 Å². The van der Waals surface area contributed by atoms with Crippen molar-refractivity contribution in [2.45, 2.75) is 55.4 Å². The third-order valence-electron chi connectivity index (χ3n) is 7.47. The van der Waals surface area contributed by atoms with Gasteiger partial charge in [0.15, 0.2) is 11.6 Å². The van der Waals surface area contributed by atoms with E-state index in [1.807, 2.05) is 0 Å². The van der Waals surface area contributed by atoms with E-state index >= 15 is 0 Å². The van der Waals surface area contributed by atoms with Crippen LogP contribution in [0.1, 0.15) is 39.2 Å². The number of Topliss-reactive ketones (excluding diaryl/α,β-unsaturated/α-hetero) is 2. The van der Waals surface area contributed by atoms with Gasteiger partial charge in [0, 0.05) is 20.6 Å². The average molecular weight is 758 g/mol. The Bertz CT molecular complexity index is 1770. The SMILES string of the molecule is COC[C@H](CC(=O)[C@H](COC)NC(=O)c1cnc(C)s1)C(=O)N[C@@H](Cc1ccccc1)C(=O)[C@](C)(O)COS(=O)(=O)c1ccc(C(F)(F)F)cc1. The summed E-state index contributed by atoms with van der Waals surface area (Å²) in [7, 11) is -2.12. The van der Waals surface area contributed by atoms with E-state index in [2.05, 4.69) is 15.6 Å². The van der Waals surface area contributed by atoms with Crippen LogP contribution in [-0.4, -0.2) is 93.6 Å². The Morgan fingerprint density at radius 3 is 2.12 bits per heavy atom. The van der Waals surface area contributed by atoms with Gasteiger partial charge in [-0.1, -0.05) is 30.3 Å². The quantitative estimate of drug-likeness (QED) is 0.153. The van der Waals surface area contributed by atoms with Crippen LogP contribution in [0.25, 0.3) is 0 Å². The number of carbonyl (C=O) groups excluding carboxylic acids is 4. The lowest BCUT2D eigenvalue weighted by atomic mass is 9.90. The van der Waals surface area contributed by atoms with Crippen LogP contribution < -0.4 is 10.6 Å². The first-order valence-electron chi connectivity index (χ1n) is 15.3. The minimum Gasteiger partial charge on any atom is -0.384 e. The Morgan fingerprint density at radius 2 is 1.57 bits per heavy atom. The number of aryl methyl sites for hydroxylation is 1. The molecule has 0 aliphatic carbocycles. The molecule has 3 aromatic rings. The summed E-state index contributed by atoms with van der Waals surface area (Å²) < 4.78 is 79.4. The molecule has 0 aliphatic rings. The van der Waals surface area contributed by atoms with Gasteiger partial charge in [0.25, 0.3) is 16.0 Å². The molecule has 18 heteroatoms. The number of aliphatic hydroxyl groups is 1. The maximum atomic E-state index is 13.7. The number of hydrogen-bond donors (Lipinski definition) is 3. The summed E-state index contributed by atoms with van der Waals surface area (Å²) in [4.78, 5) is 57.1. The van der Waals surface area contributed by atoms with Crippen LogP contribution in [0, 0.1) is 12.8 Å². The molecule has 2 amide bonds. The van der Waals surface area contributed by atoms with Gasteiger partial charge in [-0.15, -0.1) is 11.3 Å². The van der Waals surface area contributed by atoms with Crippen LogP contribution >= 0.6 is 11.3 Å². The molecule has 0 radical (unpaired) electrons. The minimum atomic E-state index is -4.73. The summed E-state index contributed by atoms with van der Waals surface area (Å²) in [6, 6.07) is 8.13. The van der Waals surface area contributed by atoms with Crippen LogP contribution in [0.3, 0.4) is 0 Å². The van der Waals surface area contributed by atoms with Gasteiger partial charge < -0.3 is 25.2 Å². The van der Waals surface area contributed by atoms with Gasteiger partial charge >= 0.3 is 6.18 Å². The Labute approximate surface area is 296 Å². The first kappa shape index (κ1) is 41.4. The number of aromatic nitrogens is 1. The number of nitrogens with one attached hydrogen (secondary N) is 2. The van der Waals surface area contributed by atoms with Crippen molar-refractivity contribution in [3.63, 3.8) is 0 Å². The van der Waals surface area contributed by atoms with Gasteiger partial charge in [-0.2, -0.15) is 21.6 Å². The summed E-state index contributed by atoms with van der Waals surface area (Å²) in [5.41, 5.74) is -3.09. The van der Waals surface area contributed by atoms with Crippen molar-refractivity contribution in [3.05, 3.63) is 81.8 Å². The summed E-state index contributed by atoms with van der Waals surface area (Å²) in [6.45, 7) is 1.03. The van der Waals surface area contributed by atoms with Gasteiger partial charge in [-0.3, -0.25) is 23.4 Å². The van der Waals surface area contributed by atoms with E-state index in [4.69, 9.17) is 13.7 Å². The number of nitrogens with zero attached hydrogens (tertiary/aromatic N) is 1. The number of ether oxygens (including phenoxy) is 2. The predicted molar refractivity (Wildman–Crippen MR) is 177 cm³/mol. The van der Waals surface area contributed by atoms with Gasteiger partial charge in [0.05, 0.1) is 46.8 Å². The van der Waals surface area contributed by atoms with E-state index in [0.717, 1.165) is 18.3 Å². The number of carbonyl (C=O) groups is 4. The molecule has 278 valence electrons. The molecule has 0 spiro atoms. The maximum Gasteiger partial charge on any atom is 0.416 e. The molecule has 0 aliphatic heterocycles. The molecule has 0 fully saturated rings. The van der Waals surface area contributed by atoms with E-state index in [9.17, 15) is 45.9 Å². The summed E-state index contributed by atoms with van der Waals surface area (Å²) in [5.74, 6) is -4.22. The van der Waals surface area contributed by atoms with Gasteiger partial charge in [0.1, 0.15) is 23.1 Å². The first-order chi connectivity index (χ1) is 23.9. The number of thiazole rings is 1. The fraction of sp³-hybridized carbons (Fsp3) is 0.424. The van der Waals surface area contributed by atoms with Crippen LogP contribution in [-0.2, 0) is 50.8 Å². The zero-order chi connectivity index (χ0) is 38.0. The van der Waals surface area contributed by atoms with Crippen molar-refractivity contribution in [1.29, 1.82) is 0 Å². The highest BCUT2D eigenvalue weighted by Gasteiger charge is 2.40. The minimum absolute atomic E-state index is 0.169. The van der Waals surface area contributed by atoms with Crippen molar-refractivity contribution in [1.82, 2.24) is 15.6 Å². The third-order valence-corrected chi connectivity index (χ3v) is 9.66. The Balaban J connectivity index is 1.79. The van der Waals surface area contributed by atoms with Gasteiger partial charge in [0.2, 0.25) is 5.91 Å². The number of methoxy groups -OCH3 is 2. The lowest BCUT2D eigenvalue weighted by molar-refractivity contribution is -0.143. The number of amides is 2. The highest BCUT2D eigenvalue weighted by molar-refractivity contribution is 7.86. The molecule has 1 heterocycles. The smallest absolute Gasteiger partial charge is 0.384 e. The summed E-state index contributed by atoms with van der Waals surface area (Å²) >= 11 is 1.12. The zero-order valence-electron chi connectivity index (χ0n) is 28.1. The van der Waals surface area contributed by atoms with Crippen molar-refractivity contribution in [2.24, 2.45) is 5.92 Å². The molecule has 3 N–H and O–H groups in total. The van der Waals surface area contributed by atoms with E-state index in [0.29, 0.717) is 34.8 Å². The molecule has 3 rings (SSSR count). The Morgan fingerprint density at radius 1 is 0.941 bits per heavy atom. The summed E-state index contributed by atoms with van der Waals surface area (Å²) in [5, 5.41) is 16.9. The number of halogens is 3. The average Bonchev–Trinajstić information content (AvgIpc) is 3.52. The second kappa shape index (κ2) is 17.9. The molecule has 13 nitrogen and oxygen atoms in total. The van der Waals surface area contributed by atoms with E-state index in [1.165, 1.54) is 20.4 Å². The third kappa shape index (κ3) is 12.0. The lowest BCUT2D eigenvalue weighted by Gasteiger charge is -2.29. The molecule has 0 saturated heterocycles. The molecule has 2 aromatic carbocycles. The maximum absolute atomic E-state index is 13.7. The molecular weight excluding hydrogens is 720 g/mol. The zero-order valence-corrected chi connectivity index (χ0v) is 29.7. The second-order valence-corrected chi connectivity index (χ2v) is 14.5. The van der Waals surface area contributed by atoms with Gasteiger partial charge in [-0.25, -0.2) is 4.98 Å². The van der Waals surface area contributed by atoms with Crippen molar-refractivity contribution < 1.29 is 59.5 Å². The topological polar surface area (TPSA) is 187 Å². The molecule has 0 unspecified atom stereocenters. The van der Waals surface area contributed by atoms with Crippen LogP contribution in [0.4, 0.5) is 13.2 Å². The standard InChI is InChI=1S/C33H38F3N3O10S2/c1-20-37-16-28(50-20)31(43)39-26(18-48-4)27(40)15-22(17-47-3)30(42)38-25(14-21-8-6-5-7-9-21)29(41)32(2,44)19-49-51(45,46)24-12-10-23(11-13-24)33(34,35)36/h5-13,16,22,25-26,44H,14-15,17-19H2,1-4H3,(H,38,42)(H,39,43)/t22-,25-,26-,32+/m0/s1. The Hall–Kier alpha value is -4.07. The lowest BCUT2D eigenvalue weighted by Crippen LogP contribution is -2.55. The number of alkyl halides is 3. The monoisotopic (exact) mass is 757 g/mol. The normalized spacial score (nSPS) is 14.9. The molecular formula is C33H38F3N3O10S2. The molecule has 51 heavy (non-hydrogen) atoms. The van der Waals surface area contributed by atoms with Crippen molar-refractivity contribution in [3.8, 4) is 0 Å². The fourth-order valence-corrected chi connectivity index (χ4v) is 6.43. The number of rotatable bonds is 19. The molecule has 0 bridgehead atoms. The van der Waals surface area contributed by atoms with Crippen molar-refractivity contribution >= 4 is 44.8 Å². The van der Waals surface area contributed by atoms with Crippen molar-refractivity contribution in [2.75, 3.05) is 34.0 Å². The summed E-state index contributed by atoms with van der Waals surface area (Å²) in [6.07, 6.45) is -3.97. The van der Waals surface area contributed by atoms with Gasteiger partial charge in [-0.05, 0) is 50.1 Å². The molecule has 0 saturated carbocycles. The number of ketones is 2. The highest BCUT2D eigenvalue weighted by Crippen LogP contribution is 2.30. The predicted octanol–water partition coefficient (Wildman–Crippen LogP) is 2.89. The fourth-order valence-electron chi connectivity index (χ4n) is 4.76. The Kier molecular flexibility index (Phi) is 14.5. The molecule has 4 atom stereocenters. The van der Waals surface area contributed by atoms with Crippen LogP contribution in [0.15, 0.2) is 65.7 Å². The molecule has 1 aromatic heterocycles. The van der Waals surface area contributed by atoms with E-state index in [-0.39, 0.29) is 24.5 Å². The second-order valence-electron chi connectivity index (χ2n) is 11.7. The largest absolute Gasteiger partial charge is 0.416 e. The van der Waals surface area contributed by atoms with E-state index < -0.39 is 86.8 Å². The van der Waals surface area contributed by atoms with E-state index in [1.54, 1.807) is 37.3 Å². The van der Waals surface area contributed by atoms with Crippen LogP contribution in [0.2, 0.25) is 0 Å².